The molecular weight excluding hydrogens is 146 g/mol. The number of nitrogens with one attached hydrogen (secondary N) is 1. The number of aromatic nitrogens is 1. The number of allylic oxidation sites excluding steroid dienone is 1. The van der Waals surface area contributed by atoms with Gasteiger partial charge in [-0.05, 0) is 30.5 Å². The number of hydrogen-bond acceptors (Lipinski definition) is 0. The third-order valence-electron chi connectivity index (χ3n) is 1.62. The summed E-state index contributed by atoms with van der Waals surface area (Å²) in [5.74, 6) is 0. The summed E-state index contributed by atoms with van der Waals surface area (Å²) in [7, 11) is 0. The first-order chi connectivity index (χ1) is 5.47. The van der Waals surface area contributed by atoms with Crippen LogP contribution in [0.5, 0.6) is 0 Å². The molecule has 0 radical (unpaired) electrons. The van der Waals surface area contributed by atoms with Crippen molar-refractivity contribution in [2.75, 3.05) is 0 Å². The fraction of sp³-hybridized carbons (Fsp3) is 0.455. The minimum Gasteiger partial charge on any atom is -0.359 e. The van der Waals surface area contributed by atoms with Gasteiger partial charge in [0.05, 0.1) is 0 Å². The van der Waals surface area contributed by atoms with Gasteiger partial charge >= 0.3 is 0 Å². The summed E-state index contributed by atoms with van der Waals surface area (Å²) in [6, 6.07) is 4.18. The summed E-state index contributed by atoms with van der Waals surface area (Å²) < 4.78 is 0. The van der Waals surface area contributed by atoms with Crippen molar-refractivity contribution in [3.8, 4) is 0 Å². The fourth-order valence-corrected chi connectivity index (χ4v) is 0.963. The summed E-state index contributed by atoms with van der Waals surface area (Å²) in [5, 5.41) is 0. The predicted molar refractivity (Wildman–Crippen MR) is 54.0 cm³/mol. The Labute approximate surface area is 74.5 Å². The smallest absolute Gasteiger partial charge is 0.0379 e. The molecule has 1 heterocycles. The van der Waals surface area contributed by atoms with Crippen molar-refractivity contribution in [3.63, 3.8) is 0 Å². The molecule has 1 N–H and O–H groups in total. The van der Waals surface area contributed by atoms with Crippen LogP contribution in [0.25, 0.3) is 6.08 Å². The standard InChI is InChI=1S/C11H17N/c1-9-5-6-10(12-9)7-8-11(2,3)4/h5-8,12H,1-4H3/b8-7+. The number of aryl methyl sites for hydroxylation is 1. The molecule has 0 aliphatic rings. The second-order valence-electron chi connectivity index (χ2n) is 4.30. The molecule has 12 heavy (non-hydrogen) atoms. The summed E-state index contributed by atoms with van der Waals surface area (Å²) in [5.41, 5.74) is 2.66. The molecule has 0 aromatic carbocycles. The van der Waals surface area contributed by atoms with E-state index < -0.39 is 0 Å². The van der Waals surface area contributed by atoms with Crippen LogP contribution in [0.3, 0.4) is 0 Å². The van der Waals surface area contributed by atoms with E-state index in [1.54, 1.807) is 0 Å². The molecule has 0 saturated heterocycles. The van der Waals surface area contributed by atoms with Gasteiger partial charge < -0.3 is 4.98 Å². The van der Waals surface area contributed by atoms with E-state index >= 15 is 0 Å². The average Bonchev–Trinajstić information content (AvgIpc) is 2.30. The first kappa shape index (κ1) is 9.11. The topological polar surface area (TPSA) is 15.8 Å². The van der Waals surface area contributed by atoms with Crippen molar-refractivity contribution < 1.29 is 0 Å². The lowest BCUT2D eigenvalue weighted by Crippen LogP contribution is -1.97. The highest BCUT2D eigenvalue weighted by Gasteiger charge is 2.03. The van der Waals surface area contributed by atoms with Gasteiger partial charge in [-0.15, -0.1) is 0 Å². The van der Waals surface area contributed by atoms with E-state index in [1.807, 2.05) is 0 Å². The second kappa shape index (κ2) is 3.18. The quantitative estimate of drug-likeness (QED) is 0.653. The van der Waals surface area contributed by atoms with Crippen LogP contribution in [0, 0.1) is 12.3 Å². The molecule has 0 bridgehead atoms. The molecule has 0 fully saturated rings. The van der Waals surface area contributed by atoms with Crippen molar-refractivity contribution >= 4 is 6.08 Å². The Morgan fingerprint density at radius 2 is 1.92 bits per heavy atom. The Balaban J connectivity index is 2.70. The highest BCUT2D eigenvalue weighted by Crippen LogP contribution is 2.16. The van der Waals surface area contributed by atoms with Gasteiger partial charge in [0.15, 0.2) is 0 Å². The van der Waals surface area contributed by atoms with Crippen molar-refractivity contribution in [1.82, 2.24) is 4.98 Å². The molecule has 0 aliphatic carbocycles. The van der Waals surface area contributed by atoms with Crippen molar-refractivity contribution in [2.45, 2.75) is 27.7 Å². The van der Waals surface area contributed by atoms with E-state index in [4.69, 9.17) is 0 Å². The van der Waals surface area contributed by atoms with Crippen LogP contribution in [0.2, 0.25) is 0 Å². The minimum absolute atomic E-state index is 0.263. The molecule has 66 valence electrons. The molecule has 0 aliphatic heterocycles. The molecule has 0 atom stereocenters. The van der Waals surface area contributed by atoms with E-state index in [0.29, 0.717) is 0 Å². The maximum Gasteiger partial charge on any atom is 0.0379 e. The highest BCUT2D eigenvalue weighted by molar-refractivity contribution is 5.46. The van der Waals surface area contributed by atoms with Gasteiger partial charge in [-0.25, -0.2) is 0 Å². The van der Waals surface area contributed by atoms with Gasteiger partial charge in [0, 0.05) is 11.4 Å². The van der Waals surface area contributed by atoms with Crippen molar-refractivity contribution in [2.24, 2.45) is 5.41 Å². The van der Waals surface area contributed by atoms with E-state index in [1.165, 1.54) is 11.4 Å². The first-order valence-corrected chi connectivity index (χ1v) is 4.32. The van der Waals surface area contributed by atoms with Gasteiger partial charge in [-0.1, -0.05) is 26.8 Å². The first-order valence-electron chi connectivity index (χ1n) is 4.32. The van der Waals surface area contributed by atoms with Crippen LogP contribution in [0.15, 0.2) is 18.2 Å². The second-order valence-corrected chi connectivity index (χ2v) is 4.30. The number of hydrogen-bond donors (Lipinski definition) is 1. The van der Waals surface area contributed by atoms with E-state index in [-0.39, 0.29) is 5.41 Å². The molecule has 0 amide bonds. The Morgan fingerprint density at radius 3 is 2.33 bits per heavy atom. The van der Waals surface area contributed by atoms with Gasteiger partial charge in [0.25, 0.3) is 0 Å². The molecule has 0 spiro atoms. The molecular formula is C11H17N. The van der Waals surface area contributed by atoms with Crippen LogP contribution < -0.4 is 0 Å². The van der Waals surface area contributed by atoms with Crippen molar-refractivity contribution in [3.05, 3.63) is 29.6 Å². The Morgan fingerprint density at radius 1 is 1.25 bits per heavy atom. The molecule has 1 heteroatoms. The van der Waals surface area contributed by atoms with E-state index in [0.717, 1.165) is 0 Å². The average molecular weight is 163 g/mol. The Hall–Kier alpha value is -0.980. The zero-order chi connectivity index (χ0) is 9.19. The predicted octanol–water partition coefficient (Wildman–Crippen LogP) is 3.38. The van der Waals surface area contributed by atoms with Gasteiger partial charge in [-0.3, -0.25) is 0 Å². The maximum atomic E-state index is 3.26. The summed E-state index contributed by atoms with van der Waals surface area (Å²) in [6.07, 6.45) is 4.34. The van der Waals surface area contributed by atoms with E-state index in [9.17, 15) is 0 Å². The number of rotatable bonds is 1. The molecule has 1 nitrogen and oxygen atoms in total. The zero-order valence-electron chi connectivity index (χ0n) is 8.31. The van der Waals surface area contributed by atoms with Crippen LogP contribution in [-0.2, 0) is 0 Å². The van der Waals surface area contributed by atoms with Crippen LogP contribution >= 0.6 is 0 Å². The third-order valence-corrected chi connectivity index (χ3v) is 1.62. The Kier molecular flexibility index (Phi) is 2.41. The van der Waals surface area contributed by atoms with Crippen LogP contribution in [0.4, 0.5) is 0 Å². The number of H-pyrrole nitrogens is 1. The maximum absolute atomic E-state index is 3.26. The largest absolute Gasteiger partial charge is 0.359 e. The van der Waals surface area contributed by atoms with Gasteiger partial charge in [-0.2, -0.15) is 0 Å². The third kappa shape index (κ3) is 2.95. The molecule has 1 aromatic rings. The lowest BCUT2D eigenvalue weighted by molar-refractivity contribution is 0.547. The lowest BCUT2D eigenvalue weighted by Gasteiger charge is -2.10. The summed E-state index contributed by atoms with van der Waals surface area (Å²) in [4.78, 5) is 3.26. The fourth-order valence-electron chi connectivity index (χ4n) is 0.963. The van der Waals surface area contributed by atoms with Crippen molar-refractivity contribution in [1.29, 1.82) is 0 Å². The van der Waals surface area contributed by atoms with Gasteiger partial charge in [0.2, 0.25) is 0 Å². The molecule has 1 aromatic heterocycles. The molecule has 0 unspecified atom stereocenters. The minimum atomic E-state index is 0.263. The van der Waals surface area contributed by atoms with Crippen LogP contribution in [-0.4, -0.2) is 4.98 Å². The van der Waals surface area contributed by atoms with Crippen LogP contribution in [0.1, 0.15) is 32.2 Å². The summed E-state index contributed by atoms with van der Waals surface area (Å²) >= 11 is 0. The summed E-state index contributed by atoms with van der Waals surface area (Å²) in [6.45, 7) is 8.65. The SMILES string of the molecule is Cc1ccc(/C=C/C(C)(C)C)[nH]1. The lowest BCUT2D eigenvalue weighted by atomic mass is 9.96. The highest BCUT2D eigenvalue weighted by atomic mass is 14.7. The normalized spacial score (nSPS) is 12.7. The van der Waals surface area contributed by atoms with Gasteiger partial charge in [0.1, 0.15) is 0 Å². The molecule has 0 saturated carbocycles. The zero-order valence-corrected chi connectivity index (χ0v) is 8.31. The molecule has 1 rings (SSSR count). The van der Waals surface area contributed by atoms with E-state index in [2.05, 4.69) is 57.0 Å². The monoisotopic (exact) mass is 163 g/mol. The Bertz CT molecular complexity index is 273. The number of aromatic amines is 1.